The lowest BCUT2D eigenvalue weighted by Crippen LogP contribution is -2.61. The SMILES string of the molecule is CCNC(=O)C1Cc2ccccc2N2CCN(c3ccccn3)CC12. The lowest BCUT2D eigenvalue weighted by Gasteiger charge is -2.49. The summed E-state index contributed by atoms with van der Waals surface area (Å²) in [6, 6.07) is 14.7. The molecule has 2 aliphatic rings. The first-order valence-corrected chi connectivity index (χ1v) is 9.06. The van der Waals surface area contributed by atoms with Gasteiger partial charge in [0.05, 0.1) is 12.0 Å². The second kappa shape index (κ2) is 6.75. The van der Waals surface area contributed by atoms with Crippen molar-refractivity contribution in [3.05, 3.63) is 54.2 Å². The Morgan fingerprint density at radius 2 is 2.04 bits per heavy atom. The molecule has 0 spiro atoms. The van der Waals surface area contributed by atoms with Crippen LogP contribution in [0, 0.1) is 5.92 Å². The van der Waals surface area contributed by atoms with Crippen molar-refractivity contribution in [2.24, 2.45) is 5.92 Å². The van der Waals surface area contributed by atoms with Crippen LogP contribution in [0.2, 0.25) is 0 Å². The van der Waals surface area contributed by atoms with Crippen molar-refractivity contribution >= 4 is 17.4 Å². The molecule has 0 aliphatic carbocycles. The number of nitrogens with zero attached hydrogens (tertiary/aromatic N) is 3. The number of para-hydroxylation sites is 1. The van der Waals surface area contributed by atoms with E-state index in [1.165, 1.54) is 11.3 Å². The van der Waals surface area contributed by atoms with Gasteiger partial charge in [-0.25, -0.2) is 4.98 Å². The van der Waals surface area contributed by atoms with E-state index >= 15 is 0 Å². The summed E-state index contributed by atoms with van der Waals surface area (Å²) in [4.78, 5) is 22.0. The normalized spacial score (nSPS) is 22.1. The monoisotopic (exact) mass is 336 g/mol. The fourth-order valence-electron chi connectivity index (χ4n) is 4.11. The predicted octanol–water partition coefficient (Wildman–Crippen LogP) is 2.09. The second-order valence-corrected chi connectivity index (χ2v) is 6.73. The Morgan fingerprint density at radius 1 is 1.20 bits per heavy atom. The Kier molecular flexibility index (Phi) is 4.30. The van der Waals surface area contributed by atoms with E-state index in [4.69, 9.17) is 0 Å². The third-order valence-electron chi connectivity index (χ3n) is 5.28. The first-order chi connectivity index (χ1) is 12.3. The molecule has 2 unspecified atom stereocenters. The van der Waals surface area contributed by atoms with Gasteiger partial charge in [0, 0.05) is 38.1 Å². The number of amides is 1. The van der Waals surface area contributed by atoms with Crippen LogP contribution < -0.4 is 15.1 Å². The summed E-state index contributed by atoms with van der Waals surface area (Å²) in [5, 5.41) is 3.03. The number of aromatic nitrogens is 1. The highest BCUT2D eigenvalue weighted by Crippen LogP contribution is 2.36. The summed E-state index contributed by atoms with van der Waals surface area (Å²) in [6.07, 6.45) is 2.64. The Hall–Kier alpha value is -2.56. The van der Waals surface area contributed by atoms with E-state index in [2.05, 4.69) is 44.4 Å². The first kappa shape index (κ1) is 15.9. The zero-order valence-corrected chi connectivity index (χ0v) is 14.6. The van der Waals surface area contributed by atoms with Crippen LogP contribution in [0.25, 0.3) is 0 Å². The number of hydrogen-bond donors (Lipinski definition) is 1. The number of fused-ring (bicyclic) bond motifs is 3. The molecule has 4 rings (SSSR count). The molecule has 1 fully saturated rings. The van der Waals surface area contributed by atoms with Gasteiger partial charge in [-0.15, -0.1) is 0 Å². The van der Waals surface area contributed by atoms with E-state index in [0.29, 0.717) is 6.54 Å². The third-order valence-corrected chi connectivity index (χ3v) is 5.28. The molecule has 0 saturated carbocycles. The van der Waals surface area contributed by atoms with Gasteiger partial charge >= 0.3 is 0 Å². The standard InChI is InChI=1S/C20H24N4O/c1-2-21-20(25)16-13-15-7-3-4-8-17(15)24-12-11-23(14-18(16)24)19-9-5-6-10-22-19/h3-10,16,18H,2,11-14H2,1H3,(H,21,25). The molecule has 3 heterocycles. The molecule has 130 valence electrons. The van der Waals surface area contributed by atoms with E-state index in [1.807, 2.05) is 31.3 Å². The quantitative estimate of drug-likeness (QED) is 0.932. The van der Waals surface area contributed by atoms with Gasteiger partial charge in [0.1, 0.15) is 5.82 Å². The highest BCUT2D eigenvalue weighted by atomic mass is 16.1. The van der Waals surface area contributed by atoms with Crippen LogP contribution in [0.4, 0.5) is 11.5 Å². The van der Waals surface area contributed by atoms with Gasteiger partial charge < -0.3 is 15.1 Å². The molecule has 2 aromatic rings. The van der Waals surface area contributed by atoms with E-state index in [0.717, 1.165) is 31.9 Å². The van der Waals surface area contributed by atoms with Gasteiger partial charge in [-0.05, 0) is 37.1 Å². The summed E-state index contributed by atoms with van der Waals surface area (Å²) in [7, 11) is 0. The average Bonchev–Trinajstić information content (AvgIpc) is 2.67. The van der Waals surface area contributed by atoms with E-state index in [1.54, 1.807) is 0 Å². The molecule has 2 aliphatic heterocycles. The number of carbonyl (C=O) groups is 1. The number of hydrogen-bond acceptors (Lipinski definition) is 4. The Bertz CT molecular complexity index is 748. The van der Waals surface area contributed by atoms with Crippen molar-refractivity contribution in [2.75, 3.05) is 36.0 Å². The maximum atomic E-state index is 12.7. The van der Waals surface area contributed by atoms with E-state index in [9.17, 15) is 4.79 Å². The summed E-state index contributed by atoms with van der Waals surface area (Å²) in [5.41, 5.74) is 2.56. The minimum absolute atomic E-state index is 0.0265. The summed E-state index contributed by atoms with van der Waals surface area (Å²) in [6.45, 7) is 5.31. The van der Waals surface area contributed by atoms with Crippen molar-refractivity contribution < 1.29 is 4.79 Å². The number of anilines is 2. The molecule has 5 nitrogen and oxygen atoms in total. The van der Waals surface area contributed by atoms with E-state index in [-0.39, 0.29) is 17.9 Å². The molecule has 5 heteroatoms. The topological polar surface area (TPSA) is 48.5 Å². The van der Waals surface area contributed by atoms with Gasteiger partial charge in [0.25, 0.3) is 0 Å². The number of carbonyl (C=O) groups excluding carboxylic acids is 1. The maximum absolute atomic E-state index is 12.7. The highest BCUT2D eigenvalue weighted by molar-refractivity contribution is 5.82. The molecular formula is C20H24N4O. The van der Waals surface area contributed by atoms with Gasteiger partial charge in [-0.2, -0.15) is 0 Å². The van der Waals surface area contributed by atoms with Crippen LogP contribution in [0.1, 0.15) is 12.5 Å². The Labute approximate surface area is 148 Å². The smallest absolute Gasteiger partial charge is 0.225 e. The van der Waals surface area contributed by atoms with Crippen molar-refractivity contribution in [2.45, 2.75) is 19.4 Å². The Morgan fingerprint density at radius 3 is 2.84 bits per heavy atom. The van der Waals surface area contributed by atoms with Crippen LogP contribution in [0.5, 0.6) is 0 Å². The second-order valence-electron chi connectivity index (χ2n) is 6.73. The molecule has 25 heavy (non-hydrogen) atoms. The molecule has 1 saturated heterocycles. The van der Waals surface area contributed by atoms with Crippen LogP contribution in [-0.4, -0.2) is 43.1 Å². The minimum atomic E-state index is -0.0265. The van der Waals surface area contributed by atoms with E-state index < -0.39 is 0 Å². The molecule has 1 N–H and O–H groups in total. The zero-order chi connectivity index (χ0) is 17.2. The van der Waals surface area contributed by atoms with Crippen molar-refractivity contribution in [3.8, 4) is 0 Å². The van der Waals surface area contributed by atoms with Gasteiger partial charge in [0.15, 0.2) is 0 Å². The summed E-state index contributed by atoms with van der Waals surface area (Å²) >= 11 is 0. The molecule has 1 aromatic carbocycles. The minimum Gasteiger partial charge on any atom is -0.364 e. The summed E-state index contributed by atoms with van der Waals surface area (Å²) < 4.78 is 0. The van der Waals surface area contributed by atoms with Gasteiger partial charge in [0.2, 0.25) is 5.91 Å². The molecule has 1 aromatic heterocycles. The molecular weight excluding hydrogens is 312 g/mol. The van der Waals surface area contributed by atoms with Gasteiger partial charge in [-0.1, -0.05) is 24.3 Å². The van der Waals surface area contributed by atoms with Gasteiger partial charge in [-0.3, -0.25) is 4.79 Å². The zero-order valence-electron chi connectivity index (χ0n) is 14.6. The lowest BCUT2D eigenvalue weighted by atomic mass is 9.83. The predicted molar refractivity (Wildman–Crippen MR) is 99.9 cm³/mol. The molecule has 0 bridgehead atoms. The summed E-state index contributed by atoms with van der Waals surface area (Å²) in [5.74, 6) is 1.13. The van der Waals surface area contributed by atoms with Crippen LogP contribution in [0.3, 0.4) is 0 Å². The van der Waals surface area contributed by atoms with Crippen LogP contribution in [0.15, 0.2) is 48.7 Å². The fraction of sp³-hybridized carbons (Fsp3) is 0.400. The third kappa shape index (κ3) is 2.95. The Balaban J connectivity index is 1.66. The number of rotatable bonds is 3. The molecule has 1 amide bonds. The number of pyridine rings is 1. The van der Waals surface area contributed by atoms with Crippen molar-refractivity contribution in [3.63, 3.8) is 0 Å². The fourth-order valence-corrected chi connectivity index (χ4v) is 4.11. The molecule has 0 radical (unpaired) electrons. The van der Waals surface area contributed by atoms with Crippen LogP contribution >= 0.6 is 0 Å². The number of nitrogens with one attached hydrogen (secondary N) is 1. The number of benzene rings is 1. The van der Waals surface area contributed by atoms with Crippen LogP contribution in [-0.2, 0) is 11.2 Å². The number of piperazine rings is 1. The molecule has 2 atom stereocenters. The maximum Gasteiger partial charge on any atom is 0.225 e. The average molecular weight is 336 g/mol. The van der Waals surface area contributed by atoms with Crippen molar-refractivity contribution in [1.82, 2.24) is 10.3 Å². The first-order valence-electron chi connectivity index (χ1n) is 9.06. The highest BCUT2D eigenvalue weighted by Gasteiger charge is 2.41. The van der Waals surface area contributed by atoms with Crippen molar-refractivity contribution in [1.29, 1.82) is 0 Å². The lowest BCUT2D eigenvalue weighted by molar-refractivity contribution is -0.125. The largest absolute Gasteiger partial charge is 0.364 e.